The molecule has 1 heterocycles. The average molecular weight is 279 g/mol. The minimum atomic E-state index is -0.478. The van der Waals surface area contributed by atoms with E-state index in [-0.39, 0.29) is 24.7 Å². The van der Waals surface area contributed by atoms with E-state index in [4.69, 9.17) is 5.73 Å². The molecule has 1 aromatic carbocycles. The number of hydrogen-bond donors (Lipinski definition) is 1. The normalized spacial score (nSPS) is 19.9. The Morgan fingerprint density at radius 2 is 2.05 bits per heavy atom. The molecule has 0 spiro atoms. The number of nitrogens with two attached hydrogens (primary N) is 1. The Kier molecular flexibility index (Phi) is 4.34. The number of rotatable bonds is 3. The Hall–Kier alpha value is -1.95. The van der Waals surface area contributed by atoms with Crippen LogP contribution in [0.5, 0.6) is 0 Å². The van der Waals surface area contributed by atoms with Crippen LogP contribution in [-0.2, 0) is 16.0 Å². The number of primary amides is 1. The Labute approximate surface area is 117 Å². The van der Waals surface area contributed by atoms with Crippen molar-refractivity contribution >= 4 is 11.8 Å². The number of benzene rings is 1. The highest BCUT2D eigenvalue weighted by atomic mass is 19.1. The summed E-state index contributed by atoms with van der Waals surface area (Å²) >= 11 is 0. The van der Waals surface area contributed by atoms with Crippen LogP contribution in [0.2, 0.25) is 0 Å². The van der Waals surface area contributed by atoms with Gasteiger partial charge in [-0.15, -0.1) is 0 Å². The molecule has 2 N–H and O–H groups in total. The van der Waals surface area contributed by atoms with Gasteiger partial charge in [0.1, 0.15) is 11.9 Å². The van der Waals surface area contributed by atoms with Gasteiger partial charge in [-0.3, -0.25) is 14.5 Å². The predicted molar refractivity (Wildman–Crippen MR) is 72.3 cm³/mol. The number of halogens is 1. The summed E-state index contributed by atoms with van der Waals surface area (Å²) in [6, 6.07) is 5.73. The van der Waals surface area contributed by atoms with E-state index < -0.39 is 11.9 Å². The first-order chi connectivity index (χ1) is 9.49. The number of hydrogen-bond acceptors (Lipinski definition) is 3. The predicted octanol–water partition coefficient (Wildman–Crippen LogP) is -0.00390. The zero-order valence-electron chi connectivity index (χ0n) is 11.4. The van der Waals surface area contributed by atoms with Crippen LogP contribution in [0.4, 0.5) is 4.39 Å². The van der Waals surface area contributed by atoms with E-state index in [1.807, 2.05) is 4.90 Å². The van der Waals surface area contributed by atoms with E-state index in [0.717, 1.165) is 0 Å². The molecule has 2 amide bonds. The van der Waals surface area contributed by atoms with E-state index >= 15 is 0 Å². The molecular weight excluding hydrogens is 261 g/mol. The van der Waals surface area contributed by atoms with Crippen molar-refractivity contribution in [2.45, 2.75) is 12.5 Å². The summed E-state index contributed by atoms with van der Waals surface area (Å²) in [6.45, 7) is 1.36. The Morgan fingerprint density at radius 1 is 1.35 bits per heavy atom. The van der Waals surface area contributed by atoms with Gasteiger partial charge in [0.2, 0.25) is 11.8 Å². The fraction of sp³-hybridized carbons (Fsp3) is 0.429. The lowest BCUT2D eigenvalue weighted by molar-refractivity contribution is -0.136. The summed E-state index contributed by atoms with van der Waals surface area (Å²) in [5.74, 6) is -1.02. The van der Waals surface area contributed by atoms with Crippen molar-refractivity contribution in [3.63, 3.8) is 0 Å². The van der Waals surface area contributed by atoms with Crippen molar-refractivity contribution in [1.82, 2.24) is 9.80 Å². The first-order valence-electron chi connectivity index (χ1n) is 6.49. The highest BCUT2D eigenvalue weighted by Crippen LogP contribution is 2.12. The zero-order chi connectivity index (χ0) is 14.7. The molecule has 0 aromatic heterocycles. The first kappa shape index (κ1) is 14.5. The molecule has 1 unspecified atom stereocenters. The fourth-order valence-electron chi connectivity index (χ4n) is 2.32. The van der Waals surface area contributed by atoms with Crippen LogP contribution in [-0.4, -0.2) is 54.3 Å². The van der Waals surface area contributed by atoms with E-state index in [1.54, 1.807) is 30.1 Å². The summed E-state index contributed by atoms with van der Waals surface area (Å²) in [7, 11) is 1.80. The number of likely N-dealkylation sites (N-methyl/N-ethyl adjacent to an activating group) is 1. The van der Waals surface area contributed by atoms with Gasteiger partial charge in [0.05, 0.1) is 6.42 Å². The summed E-state index contributed by atoms with van der Waals surface area (Å²) in [6.07, 6.45) is 0.00185. The number of nitrogens with zero attached hydrogens (tertiary/aromatic N) is 2. The second-order valence-electron chi connectivity index (χ2n) is 5.01. The molecule has 1 saturated heterocycles. The molecule has 0 aliphatic carbocycles. The second-order valence-corrected chi connectivity index (χ2v) is 5.01. The van der Waals surface area contributed by atoms with E-state index in [0.29, 0.717) is 18.7 Å². The maximum atomic E-state index is 13.5. The molecule has 1 aromatic rings. The monoisotopic (exact) mass is 279 g/mol. The summed E-state index contributed by atoms with van der Waals surface area (Å²) in [5.41, 5.74) is 5.69. The largest absolute Gasteiger partial charge is 0.368 e. The zero-order valence-corrected chi connectivity index (χ0v) is 11.4. The van der Waals surface area contributed by atoms with Crippen LogP contribution in [0, 0.1) is 5.82 Å². The lowest BCUT2D eigenvalue weighted by Gasteiger charge is -2.37. The Bertz CT molecular complexity index is 521. The van der Waals surface area contributed by atoms with E-state index in [2.05, 4.69) is 0 Å². The smallest absolute Gasteiger partial charge is 0.236 e. The fourth-order valence-corrected chi connectivity index (χ4v) is 2.32. The lowest BCUT2D eigenvalue weighted by Crippen LogP contribution is -2.58. The van der Waals surface area contributed by atoms with Crippen LogP contribution in [0.3, 0.4) is 0 Å². The van der Waals surface area contributed by atoms with Gasteiger partial charge in [0.15, 0.2) is 0 Å². The van der Waals surface area contributed by atoms with Crippen LogP contribution in [0.15, 0.2) is 24.3 Å². The second kappa shape index (κ2) is 6.00. The standard InChI is InChI=1S/C14H18FN3O2/c1-17-6-7-18(9-12(17)14(16)20)13(19)8-10-4-2-3-5-11(10)15/h2-5,12H,6-9H2,1H3,(H2,16,20). The van der Waals surface area contributed by atoms with Crippen molar-refractivity contribution in [3.8, 4) is 0 Å². The van der Waals surface area contributed by atoms with Gasteiger partial charge in [-0.25, -0.2) is 4.39 Å². The third-order valence-corrected chi connectivity index (χ3v) is 3.63. The molecule has 5 nitrogen and oxygen atoms in total. The van der Waals surface area contributed by atoms with Gasteiger partial charge in [-0.2, -0.15) is 0 Å². The average Bonchev–Trinajstić information content (AvgIpc) is 2.41. The third-order valence-electron chi connectivity index (χ3n) is 3.63. The number of carbonyl (C=O) groups excluding carboxylic acids is 2. The van der Waals surface area contributed by atoms with Gasteiger partial charge < -0.3 is 10.6 Å². The van der Waals surface area contributed by atoms with E-state index in [9.17, 15) is 14.0 Å². The number of carbonyl (C=O) groups is 2. The van der Waals surface area contributed by atoms with Crippen LogP contribution < -0.4 is 5.73 Å². The summed E-state index contributed by atoms with van der Waals surface area (Å²) in [4.78, 5) is 26.9. The molecule has 0 radical (unpaired) electrons. The van der Waals surface area contributed by atoms with E-state index in [1.165, 1.54) is 6.07 Å². The van der Waals surface area contributed by atoms with Crippen molar-refractivity contribution in [1.29, 1.82) is 0 Å². The number of amides is 2. The molecule has 1 aliphatic rings. The van der Waals surface area contributed by atoms with Crippen molar-refractivity contribution in [3.05, 3.63) is 35.6 Å². The van der Waals surface area contributed by atoms with Gasteiger partial charge in [-0.05, 0) is 18.7 Å². The quantitative estimate of drug-likeness (QED) is 0.846. The van der Waals surface area contributed by atoms with Crippen LogP contribution in [0.1, 0.15) is 5.56 Å². The number of piperazine rings is 1. The molecule has 1 atom stereocenters. The lowest BCUT2D eigenvalue weighted by atomic mass is 10.1. The maximum Gasteiger partial charge on any atom is 0.236 e. The first-order valence-corrected chi connectivity index (χ1v) is 6.49. The SMILES string of the molecule is CN1CCN(C(=O)Cc2ccccc2F)CC1C(N)=O. The highest BCUT2D eigenvalue weighted by molar-refractivity contribution is 5.83. The minimum Gasteiger partial charge on any atom is -0.368 e. The van der Waals surface area contributed by atoms with Gasteiger partial charge >= 0.3 is 0 Å². The van der Waals surface area contributed by atoms with Gasteiger partial charge in [0, 0.05) is 19.6 Å². The maximum absolute atomic E-state index is 13.5. The molecule has 1 fully saturated rings. The molecule has 0 saturated carbocycles. The Morgan fingerprint density at radius 3 is 2.70 bits per heavy atom. The molecule has 0 bridgehead atoms. The van der Waals surface area contributed by atoms with Crippen molar-refractivity contribution in [2.75, 3.05) is 26.7 Å². The van der Waals surface area contributed by atoms with Gasteiger partial charge in [-0.1, -0.05) is 18.2 Å². The summed E-state index contributed by atoms with van der Waals surface area (Å²) in [5, 5.41) is 0. The van der Waals surface area contributed by atoms with Crippen molar-refractivity contribution in [2.24, 2.45) is 5.73 Å². The molecular formula is C14H18FN3O2. The third kappa shape index (κ3) is 3.14. The Balaban J connectivity index is 2.03. The summed E-state index contributed by atoms with van der Waals surface area (Å²) < 4.78 is 13.5. The molecule has 2 rings (SSSR count). The topological polar surface area (TPSA) is 66.6 Å². The molecule has 6 heteroatoms. The highest BCUT2D eigenvalue weighted by Gasteiger charge is 2.30. The van der Waals surface area contributed by atoms with Crippen LogP contribution in [0.25, 0.3) is 0 Å². The molecule has 20 heavy (non-hydrogen) atoms. The van der Waals surface area contributed by atoms with Crippen molar-refractivity contribution < 1.29 is 14.0 Å². The molecule has 1 aliphatic heterocycles. The van der Waals surface area contributed by atoms with Gasteiger partial charge in [0.25, 0.3) is 0 Å². The molecule has 108 valence electrons. The minimum absolute atomic E-state index is 0.00185. The van der Waals surface area contributed by atoms with Crippen LogP contribution >= 0.6 is 0 Å².